The molecule has 1 fully saturated rings. The van der Waals surface area contributed by atoms with E-state index in [4.69, 9.17) is 0 Å². The van der Waals surface area contributed by atoms with Crippen molar-refractivity contribution in [3.05, 3.63) is 0 Å². The Morgan fingerprint density at radius 1 is 0.700 bits per heavy atom. The molecule has 10 heavy (non-hydrogen) atoms. The van der Waals surface area contributed by atoms with E-state index in [1.54, 1.807) is 0 Å². The lowest BCUT2D eigenvalue weighted by molar-refractivity contribution is 0.352. The van der Waals surface area contributed by atoms with Crippen molar-refractivity contribution in [2.24, 2.45) is 23.7 Å². The monoisotopic (exact) mass is 252 g/mol. The van der Waals surface area contributed by atoms with Gasteiger partial charge >= 0.3 is 0 Å². The molecule has 1 heteroatoms. The Morgan fingerprint density at radius 3 is 1.10 bits per heavy atom. The summed E-state index contributed by atoms with van der Waals surface area (Å²) in [6.45, 7) is 9.57. The third-order valence-corrected chi connectivity index (χ3v) is 5.76. The molecule has 0 amide bonds. The number of hydrogen-bond donors (Lipinski definition) is 0. The topological polar surface area (TPSA) is 0 Å². The number of alkyl halides is 1. The number of halogens is 1. The first-order valence-corrected chi connectivity index (χ1v) is 5.44. The fourth-order valence-corrected chi connectivity index (χ4v) is 3.33. The second kappa shape index (κ2) is 3.00. The van der Waals surface area contributed by atoms with Crippen molar-refractivity contribution in [3.63, 3.8) is 0 Å². The van der Waals surface area contributed by atoms with Gasteiger partial charge in [-0.25, -0.2) is 0 Å². The van der Waals surface area contributed by atoms with E-state index in [-0.39, 0.29) is 0 Å². The Hall–Kier alpha value is 0.730. The summed E-state index contributed by atoms with van der Waals surface area (Å²) in [6.07, 6.45) is 0. The maximum Gasteiger partial charge on any atom is 0.0166 e. The molecule has 60 valence electrons. The molecule has 0 spiro atoms. The van der Waals surface area contributed by atoms with Gasteiger partial charge in [0.25, 0.3) is 0 Å². The minimum Gasteiger partial charge on any atom is -0.0820 e. The lowest BCUT2D eigenvalue weighted by Gasteiger charge is -2.13. The van der Waals surface area contributed by atoms with Gasteiger partial charge in [-0.2, -0.15) is 0 Å². The highest BCUT2D eigenvalue weighted by molar-refractivity contribution is 14.1. The molecular weight excluding hydrogens is 235 g/mol. The molecular formula is C9H17I. The van der Waals surface area contributed by atoms with Crippen LogP contribution in [-0.4, -0.2) is 3.92 Å². The fraction of sp³-hybridized carbons (Fsp3) is 1.00. The summed E-state index contributed by atoms with van der Waals surface area (Å²) in [4.78, 5) is 0. The van der Waals surface area contributed by atoms with E-state index < -0.39 is 0 Å². The first kappa shape index (κ1) is 8.82. The number of rotatable bonds is 0. The summed E-state index contributed by atoms with van der Waals surface area (Å²) >= 11 is 2.61. The largest absolute Gasteiger partial charge is 0.0820 e. The fourth-order valence-electron chi connectivity index (χ4n) is 2.02. The molecule has 0 N–H and O–H groups in total. The lowest BCUT2D eigenvalue weighted by Crippen LogP contribution is -2.10. The smallest absolute Gasteiger partial charge is 0.0166 e. The molecule has 0 heterocycles. The molecule has 0 radical (unpaired) electrons. The van der Waals surface area contributed by atoms with Crippen molar-refractivity contribution in [2.45, 2.75) is 31.6 Å². The minimum absolute atomic E-state index is 0.905. The van der Waals surface area contributed by atoms with Crippen molar-refractivity contribution in [3.8, 4) is 0 Å². The Morgan fingerprint density at radius 2 is 1.00 bits per heavy atom. The molecule has 0 aliphatic heterocycles. The van der Waals surface area contributed by atoms with Gasteiger partial charge in [0.1, 0.15) is 0 Å². The van der Waals surface area contributed by atoms with Crippen LogP contribution in [0, 0.1) is 23.7 Å². The van der Waals surface area contributed by atoms with Crippen LogP contribution >= 0.6 is 22.6 Å². The van der Waals surface area contributed by atoms with Gasteiger partial charge in [0.2, 0.25) is 0 Å². The van der Waals surface area contributed by atoms with Crippen LogP contribution in [-0.2, 0) is 0 Å². The average molecular weight is 252 g/mol. The van der Waals surface area contributed by atoms with Crippen LogP contribution in [0.3, 0.4) is 0 Å². The average Bonchev–Trinajstić information content (AvgIpc) is 2.07. The lowest BCUT2D eigenvalue weighted by atomic mass is 9.92. The molecule has 4 unspecified atom stereocenters. The molecule has 1 rings (SSSR count). The molecule has 0 aromatic carbocycles. The Kier molecular flexibility index (Phi) is 2.64. The van der Waals surface area contributed by atoms with Gasteiger partial charge in [-0.1, -0.05) is 50.3 Å². The number of hydrogen-bond acceptors (Lipinski definition) is 0. The van der Waals surface area contributed by atoms with Crippen LogP contribution in [0.1, 0.15) is 27.7 Å². The van der Waals surface area contributed by atoms with Crippen molar-refractivity contribution in [1.82, 2.24) is 0 Å². The Bertz CT molecular complexity index is 77.1. The van der Waals surface area contributed by atoms with E-state index in [0.717, 1.165) is 27.6 Å². The summed E-state index contributed by atoms with van der Waals surface area (Å²) in [5.41, 5.74) is 0. The van der Waals surface area contributed by atoms with E-state index in [1.807, 2.05) is 0 Å². The van der Waals surface area contributed by atoms with Gasteiger partial charge in [0.15, 0.2) is 0 Å². The highest BCUT2D eigenvalue weighted by atomic mass is 127. The molecule has 4 atom stereocenters. The molecule has 0 bridgehead atoms. The standard InChI is InChI=1S/C9H17I/c1-5-6(2)8(4)9(10)7(5)3/h5-9H,1-4H3. The summed E-state index contributed by atoms with van der Waals surface area (Å²) in [5.74, 6) is 3.70. The third-order valence-electron chi connectivity index (χ3n) is 3.49. The summed E-state index contributed by atoms with van der Waals surface area (Å²) in [7, 11) is 0. The SMILES string of the molecule is CC1C(C)C(C)C(I)C1C. The zero-order valence-electron chi connectivity index (χ0n) is 7.26. The zero-order chi connectivity index (χ0) is 7.89. The van der Waals surface area contributed by atoms with Crippen LogP contribution in [0.25, 0.3) is 0 Å². The summed E-state index contributed by atoms with van der Waals surface area (Å²) in [6, 6.07) is 0. The predicted octanol–water partition coefficient (Wildman–Crippen LogP) is 3.35. The van der Waals surface area contributed by atoms with Crippen LogP contribution in [0.5, 0.6) is 0 Å². The Balaban J connectivity index is 2.68. The molecule has 0 nitrogen and oxygen atoms in total. The molecule has 1 aliphatic rings. The van der Waals surface area contributed by atoms with E-state index in [0.29, 0.717) is 0 Å². The first-order valence-electron chi connectivity index (χ1n) is 4.19. The Labute approximate surface area is 77.9 Å². The van der Waals surface area contributed by atoms with Crippen LogP contribution < -0.4 is 0 Å². The van der Waals surface area contributed by atoms with Gasteiger partial charge in [0, 0.05) is 3.92 Å². The quantitative estimate of drug-likeness (QED) is 0.458. The van der Waals surface area contributed by atoms with Gasteiger partial charge in [-0.05, 0) is 23.7 Å². The highest BCUT2D eigenvalue weighted by Crippen LogP contribution is 2.44. The minimum atomic E-state index is 0.905. The van der Waals surface area contributed by atoms with E-state index in [2.05, 4.69) is 50.3 Å². The van der Waals surface area contributed by atoms with Gasteiger partial charge in [-0.15, -0.1) is 0 Å². The molecule has 0 aromatic heterocycles. The third kappa shape index (κ3) is 1.21. The maximum absolute atomic E-state index is 2.61. The van der Waals surface area contributed by atoms with E-state index in [1.165, 1.54) is 0 Å². The second-order valence-corrected chi connectivity index (χ2v) is 5.32. The van der Waals surface area contributed by atoms with Crippen LogP contribution in [0.15, 0.2) is 0 Å². The van der Waals surface area contributed by atoms with E-state index >= 15 is 0 Å². The van der Waals surface area contributed by atoms with Crippen LogP contribution in [0.4, 0.5) is 0 Å². The summed E-state index contributed by atoms with van der Waals surface area (Å²) < 4.78 is 0.905. The van der Waals surface area contributed by atoms with Crippen molar-refractivity contribution in [2.75, 3.05) is 0 Å². The van der Waals surface area contributed by atoms with E-state index in [9.17, 15) is 0 Å². The van der Waals surface area contributed by atoms with Crippen molar-refractivity contribution < 1.29 is 0 Å². The predicted molar refractivity (Wildman–Crippen MR) is 54.5 cm³/mol. The molecule has 0 aromatic rings. The maximum atomic E-state index is 2.61. The molecule has 1 saturated carbocycles. The van der Waals surface area contributed by atoms with Gasteiger partial charge in [-0.3, -0.25) is 0 Å². The summed E-state index contributed by atoms with van der Waals surface area (Å²) in [5, 5.41) is 0. The van der Waals surface area contributed by atoms with Gasteiger partial charge in [0.05, 0.1) is 0 Å². The molecule has 1 aliphatic carbocycles. The zero-order valence-corrected chi connectivity index (χ0v) is 9.42. The van der Waals surface area contributed by atoms with Crippen molar-refractivity contribution >= 4 is 22.6 Å². The second-order valence-electron chi connectivity index (χ2n) is 3.88. The first-order chi connectivity index (χ1) is 4.55. The van der Waals surface area contributed by atoms with Crippen LogP contribution in [0.2, 0.25) is 0 Å². The van der Waals surface area contributed by atoms with Crippen molar-refractivity contribution in [1.29, 1.82) is 0 Å². The molecule has 0 saturated heterocycles. The highest BCUT2D eigenvalue weighted by Gasteiger charge is 2.39. The normalized spacial score (nSPS) is 55.5. The van der Waals surface area contributed by atoms with Gasteiger partial charge < -0.3 is 0 Å².